The molecule has 0 aliphatic rings. The Kier molecular flexibility index (Phi) is 6.57. The molecule has 0 fully saturated rings. The van der Waals surface area contributed by atoms with Crippen LogP contribution in [0, 0.1) is 0 Å². The highest BCUT2D eigenvalue weighted by atomic mass is 15.4. The Morgan fingerprint density at radius 3 is 2.42 bits per heavy atom. The summed E-state index contributed by atoms with van der Waals surface area (Å²) in [5.74, 6) is 5.76. The van der Waals surface area contributed by atoms with Crippen LogP contribution >= 0.6 is 0 Å². The normalized spacial score (nSPS) is 11.8. The lowest BCUT2D eigenvalue weighted by Gasteiger charge is -2.20. The Morgan fingerprint density at radius 2 is 2.00 bits per heavy atom. The minimum atomic E-state index is 0.902. The van der Waals surface area contributed by atoms with Gasteiger partial charge in [-0.2, -0.15) is 0 Å². The van der Waals surface area contributed by atoms with Gasteiger partial charge in [0.25, 0.3) is 0 Å². The number of unbranched alkanes of at least 4 members (excludes halogenated alkanes) is 2. The number of hydrazine groups is 1. The first kappa shape index (κ1) is 11.3. The molecule has 0 unspecified atom stereocenters. The highest BCUT2D eigenvalue weighted by molar-refractivity contribution is 4.95. The summed E-state index contributed by atoms with van der Waals surface area (Å²) in [7, 11) is 0. The van der Waals surface area contributed by atoms with Gasteiger partial charge in [0.1, 0.15) is 0 Å². The largest absolute Gasteiger partial charge is 0.403 e. The molecule has 0 atom stereocenters. The summed E-state index contributed by atoms with van der Waals surface area (Å²) in [6.45, 7) is 5.14. The van der Waals surface area contributed by atoms with Gasteiger partial charge in [0.05, 0.1) is 0 Å². The fraction of sp³-hybridized carbons (Fsp3) is 0.778. The third-order valence-electron chi connectivity index (χ3n) is 1.93. The summed E-state index contributed by atoms with van der Waals surface area (Å²) in [6.07, 6.45) is 6.09. The van der Waals surface area contributed by atoms with E-state index in [1.807, 2.05) is 0 Å². The van der Waals surface area contributed by atoms with Gasteiger partial charge in [0, 0.05) is 18.4 Å². The molecule has 0 aliphatic heterocycles. The fourth-order valence-electron chi connectivity index (χ4n) is 1.09. The smallest absolute Gasteiger partial charge is 0.0442 e. The van der Waals surface area contributed by atoms with Crippen LogP contribution in [0.25, 0.3) is 0 Å². The van der Waals surface area contributed by atoms with E-state index in [1.165, 1.54) is 12.8 Å². The molecule has 3 heteroatoms. The van der Waals surface area contributed by atoms with Crippen molar-refractivity contribution in [3.05, 3.63) is 11.9 Å². The van der Waals surface area contributed by atoms with Gasteiger partial charge in [0.2, 0.25) is 0 Å². The summed E-state index contributed by atoms with van der Waals surface area (Å²) in [4.78, 5) is 0. The minimum absolute atomic E-state index is 0.902. The van der Waals surface area contributed by atoms with Gasteiger partial charge in [-0.15, -0.1) is 0 Å². The van der Waals surface area contributed by atoms with Crippen molar-refractivity contribution in [3.8, 4) is 0 Å². The molecule has 0 aromatic carbocycles. The van der Waals surface area contributed by atoms with Crippen molar-refractivity contribution in [2.24, 2.45) is 11.6 Å². The Bertz CT molecular complexity index is 132. The molecule has 0 aromatic heterocycles. The average Bonchev–Trinajstić information content (AvgIpc) is 2.07. The maximum absolute atomic E-state index is 5.76. The second kappa shape index (κ2) is 6.98. The van der Waals surface area contributed by atoms with Crippen molar-refractivity contribution in [1.82, 2.24) is 5.01 Å². The second-order valence-corrected chi connectivity index (χ2v) is 2.91. The molecule has 0 saturated carbocycles. The van der Waals surface area contributed by atoms with Gasteiger partial charge >= 0.3 is 0 Å². The molecular weight excluding hydrogens is 150 g/mol. The molecule has 12 heavy (non-hydrogen) atoms. The lowest BCUT2D eigenvalue weighted by molar-refractivity contribution is 0.337. The van der Waals surface area contributed by atoms with Gasteiger partial charge < -0.3 is 10.7 Å². The second-order valence-electron chi connectivity index (χ2n) is 2.91. The van der Waals surface area contributed by atoms with E-state index in [2.05, 4.69) is 13.8 Å². The van der Waals surface area contributed by atoms with E-state index in [9.17, 15) is 0 Å². The maximum atomic E-state index is 5.76. The van der Waals surface area contributed by atoms with E-state index >= 15 is 0 Å². The van der Waals surface area contributed by atoms with Crippen LogP contribution in [0.15, 0.2) is 11.9 Å². The van der Waals surface area contributed by atoms with Gasteiger partial charge in [-0.05, 0) is 12.8 Å². The fourth-order valence-corrected chi connectivity index (χ4v) is 1.09. The van der Waals surface area contributed by atoms with Crippen molar-refractivity contribution in [1.29, 1.82) is 0 Å². The van der Waals surface area contributed by atoms with Crippen LogP contribution in [-0.2, 0) is 0 Å². The van der Waals surface area contributed by atoms with Crippen LogP contribution in [0.3, 0.4) is 0 Å². The summed E-state index contributed by atoms with van der Waals surface area (Å²) in [6, 6.07) is 0. The monoisotopic (exact) mass is 171 g/mol. The van der Waals surface area contributed by atoms with Gasteiger partial charge in [0.15, 0.2) is 0 Å². The summed E-state index contributed by atoms with van der Waals surface area (Å²) in [5, 5.41) is 1.75. The number of hydrogen-bond donors (Lipinski definition) is 2. The third-order valence-corrected chi connectivity index (χ3v) is 1.93. The Labute approximate surface area is 75.4 Å². The summed E-state index contributed by atoms with van der Waals surface area (Å²) < 4.78 is 0. The van der Waals surface area contributed by atoms with E-state index in [4.69, 9.17) is 11.6 Å². The highest BCUT2D eigenvalue weighted by Gasteiger charge is 2.00. The number of hydrogen-bond acceptors (Lipinski definition) is 3. The number of nitrogens with two attached hydrogens (primary N) is 2. The van der Waals surface area contributed by atoms with Crippen LogP contribution in [0.2, 0.25) is 0 Å². The zero-order valence-electron chi connectivity index (χ0n) is 8.21. The Hall–Kier alpha value is -0.700. The molecule has 0 saturated heterocycles. The molecule has 4 N–H and O–H groups in total. The lowest BCUT2D eigenvalue weighted by Crippen LogP contribution is -2.31. The molecule has 0 bridgehead atoms. The van der Waals surface area contributed by atoms with Gasteiger partial charge in [-0.1, -0.05) is 26.7 Å². The summed E-state index contributed by atoms with van der Waals surface area (Å²) in [5.41, 5.74) is 6.42. The molecule has 72 valence electrons. The quantitative estimate of drug-likeness (QED) is 0.362. The number of nitrogens with zero attached hydrogens (tertiary/aromatic N) is 1. The molecule has 0 radical (unpaired) electrons. The molecular formula is C9H21N3. The Morgan fingerprint density at radius 1 is 1.33 bits per heavy atom. The predicted octanol–water partition coefficient (Wildman–Crippen LogP) is 1.56. The maximum Gasteiger partial charge on any atom is 0.0442 e. The van der Waals surface area contributed by atoms with Crippen LogP contribution in [0.1, 0.15) is 39.5 Å². The van der Waals surface area contributed by atoms with E-state index in [0.29, 0.717) is 0 Å². The van der Waals surface area contributed by atoms with Crippen molar-refractivity contribution >= 4 is 0 Å². The molecule has 0 spiro atoms. The molecule has 0 amide bonds. The molecule has 0 aromatic rings. The zero-order valence-corrected chi connectivity index (χ0v) is 8.21. The van der Waals surface area contributed by atoms with Crippen molar-refractivity contribution in [2.75, 3.05) is 6.54 Å². The van der Waals surface area contributed by atoms with Crippen LogP contribution < -0.4 is 11.6 Å². The first-order valence-electron chi connectivity index (χ1n) is 4.69. The van der Waals surface area contributed by atoms with E-state index in [0.717, 1.165) is 25.1 Å². The van der Waals surface area contributed by atoms with E-state index in [-0.39, 0.29) is 0 Å². The SMILES string of the molecule is CCCCCN(N)/C(=C\N)CC. The molecule has 0 rings (SSSR count). The summed E-state index contributed by atoms with van der Waals surface area (Å²) >= 11 is 0. The number of rotatable bonds is 6. The number of allylic oxidation sites excluding steroid dienone is 1. The average molecular weight is 171 g/mol. The lowest BCUT2D eigenvalue weighted by atomic mass is 10.2. The van der Waals surface area contributed by atoms with Crippen LogP contribution in [0.5, 0.6) is 0 Å². The van der Waals surface area contributed by atoms with Crippen molar-refractivity contribution in [2.45, 2.75) is 39.5 Å². The van der Waals surface area contributed by atoms with E-state index < -0.39 is 0 Å². The van der Waals surface area contributed by atoms with Gasteiger partial charge in [-0.25, -0.2) is 5.84 Å². The Balaban J connectivity index is 3.62. The van der Waals surface area contributed by atoms with Gasteiger partial charge in [-0.3, -0.25) is 0 Å². The van der Waals surface area contributed by atoms with Crippen LogP contribution in [-0.4, -0.2) is 11.6 Å². The highest BCUT2D eigenvalue weighted by Crippen LogP contribution is 2.04. The topological polar surface area (TPSA) is 55.3 Å². The minimum Gasteiger partial charge on any atom is -0.403 e. The zero-order chi connectivity index (χ0) is 9.40. The van der Waals surface area contributed by atoms with Crippen molar-refractivity contribution < 1.29 is 0 Å². The first-order chi connectivity index (χ1) is 5.76. The molecule has 0 aliphatic carbocycles. The van der Waals surface area contributed by atoms with Crippen LogP contribution in [0.4, 0.5) is 0 Å². The molecule has 0 heterocycles. The van der Waals surface area contributed by atoms with E-state index in [1.54, 1.807) is 11.2 Å². The third kappa shape index (κ3) is 4.23. The predicted molar refractivity (Wildman–Crippen MR) is 53.0 cm³/mol. The molecule has 3 nitrogen and oxygen atoms in total. The van der Waals surface area contributed by atoms with Crippen molar-refractivity contribution in [3.63, 3.8) is 0 Å². The first-order valence-corrected chi connectivity index (χ1v) is 4.69. The standard InChI is InChI=1S/C9H21N3/c1-3-5-6-7-12(11)9(4-2)8-10/h8H,3-7,10-11H2,1-2H3/b9-8-.